The maximum Gasteiger partial charge on any atom is 0.573 e. The van der Waals surface area contributed by atoms with Crippen LogP contribution in [0.4, 0.5) is 32.2 Å². The highest BCUT2D eigenvalue weighted by Gasteiger charge is 2.31. The summed E-state index contributed by atoms with van der Waals surface area (Å²) < 4.78 is 85.2. The summed E-state index contributed by atoms with van der Waals surface area (Å²) in [6.07, 6.45) is -7.68. The largest absolute Gasteiger partial charge is 0.573 e. The van der Waals surface area contributed by atoms with Gasteiger partial charge >= 0.3 is 18.2 Å². The van der Waals surface area contributed by atoms with E-state index in [9.17, 15) is 35.9 Å². The van der Waals surface area contributed by atoms with Crippen molar-refractivity contribution in [2.45, 2.75) is 53.1 Å². The highest BCUT2D eigenvalue weighted by atomic mass is 19.4. The summed E-state index contributed by atoms with van der Waals surface area (Å²) >= 11 is 0. The number of nitrogens with zero attached hydrogens (tertiary/aromatic N) is 3. The lowest BCUT2D eigenvalue weighted by molar-refractivity contribution is -0.274. The molecule has 0 radical (unpaired) electrons. The molecule has 41 heavy (non-hydrogen) atoms. The molecule has 1 atom stereocenters. The van der Waals surface area contributed by atoms with Crippen LogP contribution < -0.4 is 20.7 Å². The predicted molar refractivity (Wildman–Crippen MR) is 143 cm³/mol. The first-order valence-electron chi connectivity index (χ1n) is 12.5. The molecule has 0 N–H and O–H groups in total. The SMILES string of the molecule is CCC(C)/C(=N\c1c(C)c(=O)n(C)c(=O)n1C)Oc1cccc(OC(F)(F)F)c1.CCc1ccc(C(F)(F)F)cc1. The van der Waals surface area contributed by atoms with Crippen LogP contribution in [0.3, 0.4) is 0 Å². The van der Waals surface area contributed by atoms with Crippen LogP contribution in [0, 0.1) is 12.8 Å². The number of hydrogen-bond donors (Lipinski definition) is 0. The quantitative estimate of drug-likeness (QED) is 0.183. The average molecular weight is 588 g/mol. The number of halogens is 6. The molecule has 13 heteroatoms. The van der Waals surface area contributed by atoms with Crippen molar-refractivity contribution in [2.24, 2.45) is 25.0 Å². The lowest BCUT2D eigenvalue weighted by Crippen LogP contribution is -2.38. The number of ether oxygens (including phenoxy) is 2. The molecular formula is C28H31F6N3O4. The fourth-order valence-corrected chi connectivity index (χ4v) is 3.46. The van der Waals surface area contributed by atoms with Gasteiger partial charge in [0.2, 0.25) is 0 Å². The first-order chi connectivity index (χ1) is 19.0. The maximum atomic E-state index is 12.5. The van der Waals surface area contributed by atoms with Gasteiger partial charge in [-0.25, -0.2) is 4.79 Å². The van der Waals surface area contributed by atoms with E-state index in [-0.39, 0.29) is 28.9 Å². The Hall–Kier alpha value is -4.03. The van der Waals surface area contributed by atoms with E-state index in [1.807, 2.05) is 20.8 Å². The topological polar surface area (TPSA) is 74.8 Å². The van der Waals surface area contributed by atoms with Crippen molar-refractivity contribution in [2.75, 3.05) is 0 Å². The molecule has 0 fully saturated rings. The zero-order chi connectivity index (χ0) is 31.1. The van der Waals surface area contributed by atoms with Crippen LogP contribution >= 0.6 is 0 Å². The number of rotatable bonds is 6. The van der Waals surface area contributed by atoms with Gasteiger partial charge in [0.15, 0.2) is 5.90 Å². The molecule has 7 nitrogen and oxygen atoms in total. The van der Waals surface area contributed by atoms with E-state index in [4.69, 9.17) is 4.74 Å². The number of hydrogen-bond acceptors (Lipinski definition) is 5. The summed E-state index contributed by atoms with van der Waals surface area (Å²) in [4.78, 5) is 28.8. The molecule has 0 aliphatic carbocycles. The number of aryl methyl sites for hydroxylation is 1. The zero-order valence-electron chi connectivity index (χ0n) is 23.4. The second kappa shape index (κ2) is 13.6. The van der Waals surface area contributed by atoms with Gasteiger partial charge < -0.3 is 9.47 Å². The third-order valence-corrected chi connectivity index (χ3v) is 6.05. The minimum Gasteiger partial charge on any atom is -0.442 e. The van der Waals surface area contributed by atoms with Gasteiger partial charge in [-0.05, 0) is 49.6 Å². The van der Waals surface area contributed by atoms with E-state index in [2.05, 4.69) is 9.73 Å². The Morgan fingerprint density at radius 3 is 2.02 bits per heavy atom. The maximum absolute atomic E-state index is 12.5. The molecule has 0 saturated heterocycles. The highest BCUT2D eigenvalue weighted by molar-refractivity contribution is 5.83. The molecule has 1 unspecified atom stereocenters. The molecule has 0 aliphatic rings. The van der Waals surface area contributed by atoms with E-state index in [0.717, 1.165) is 40.8 Å². The Morgan fingerprint density at radius 1 is 0.927 bits per heavy atom. The van der Waals surface area contributed by atoms with E-state index >= 15 is 0 Å². The lowest BCUT2D eigenvalue weighted by Gasteiger charge is -2.17. The summed E-state index contributed by atoms with van der Waals surface area (Å²) in [5, 5.41) is 0. The smallest absolute Gasteiger partial charge is 0.442 e. The molecule has 0 aliphatic heterocycles. The van der Waals surface area contributed by atoms with Crippen molar-refractivity contribution in [3.8, 4) is 11.5 Å². The van der Waals surface area contributed by atoms with Gasteiger partial charge in [-0.2, -0.15) is 18.2 Å². The van der Waals surface area contributed by atoms with Crippen LogP contribution in [0.15, 0.2) is 63.1 Å². The fourth-order valence-electron chi connectivity index (χ4n) is 3.46. The Labute approximate surface area is 232 Å². The normalized spacial score (nSPS) is 12.8. The van der Waals surface area contributed by atoms with Crippen LogP contribution in [0.1, 0.15) is 43.9 Å². The molecule has 0 spiro atoms. The third-order valence-electron chi connectivity index (χ3n) is 6.05. The van der Waals surface area contributed by atoms with Crippen LogP contribution in [-0.4, -0.2) is 21.4 Å². The summed E-state index contributed by atoms with van der Waals surface area (Å²) in [7, 11) is 2.84. The molecule has 2 aromatic carbocycles. The van der Waals surface area contributed by atoms with Crippen LogP contribution in [0.25, 0.3) is 0 Å². The number of alkyl halides is 6. The Morgan fingerprint density at radius 2 is 1.51 bits per heavy atom. The molecule has 224 valence electrons. The summed E-state index contributed by atoms with van der Waals surface area (Å²) in [6, 6.07) is 10.3. The number of aliphatic imine (C=N–C) groups is 1. The predicted octanol–water partition coefficient (Wildman–Crippen LogP) is 6.71. The van der Waals surface area contributed by atoms with E-state index < -0.39 is 35.1 Å². The highest BCUT2D eigenvalue weighted by Crippen LogP contribution is 2.29. The lowest BCUT2D eigenvalue weighted by atomic mass is 10.1. The first kappa shape index (κ1) is 33.2. The average Bonchev–Trinajstić information content (AvgIpc) is 2.91. The standard InChI is InChI=1S/C19H22F3N3O4.C9H9F3/c1-6-11(2)16(23-15-12(3)17(26)25(5)18(27)24(15)4)28-13-8-7-9-14(10-13)29-19(20,21)22;1-2-7-3-5-8(6-4-7)9(10,11)12/h7-11H,6H2,1-5H3;3-6H,2H2,1H3/b23-16+;. The minimum absolute atomic E-state index is 0.0808. The molecule has 3 aromatic rings. The Bertz CT molecular complexity index is 1440. The van der Waals surface area contributed by atoms with E-state index in [1.54, 1.807) is 0 Å². The molecule has 0 bridgehead atoms. The Kier molecular flexibility index (Phi) is 11.0. The minimum atomic E-state index is -4.83. The molecule has 0 amide bonds. The summed E-state index contributed by atoms with van der Waals surface area (Å²) in [5.41, 5.74) is -0.463. The van der Waals surface area contributed by atoms with Crippen LogP contribution in [-0.2, 0) is 26.7 Å². The molecular weight excluding hydrogens is 556 g/mol. The van der Waals surface area contributed by atoms with Crippen LogP contribution in [0.5, 0.6) is 11.5 Å². The fraction of sp³-hybridized carbons (Fsp3) is 0.393. The van der Waals surface area contributed by atoms with Gasteiger partial charge in [-0.15, -0.1) is 13.2 Å². The van der Waals surface area contributed by atoms with Gasteiger partial charge in [0, 0.05) is 26.1 Å². The van der Waals surface area contributed by atoms with Gasteiger partial charge in [0.05, 0.1) is 11.1 Å². The van der Waals surface area contributed by atoms with Crippen molar-refractivity contribution < 1.29 is 35.8 Å². The summed E-state index contributed by atoms with van der Waals surface area (Å²) in [6.45, 7) is 7.13. The van der Waals surface area contributed by atoms with E-state index in [1.165, 1.54) is 49.9 Å². The van der Waals surface area contributed by atoms with Crippen molar-refractivity contribution in [3.05, 3.63) is 86.1 Å². The van der Waals surface area contributed by atoms with Gasteiger partial charge in [-0.1, -0.05) is 39.0 Å². The van der Waals surface area contributed by atoms with Crippen molar-refractivity contribution in [3.63, 3.8) is 0 Å². The molecule has 1 heterocycles. The first-order valence-corrected chi connectivity index (χ1v) is 12.5. The van der Waals surface area contributed by atoms with Crippen molar-refractivity contribution >= 4 is 11.7 Å². The van der Waals surface area contributed by atoms with Crippen molar-refractivity contribution in [1.29, 1.82) is 0 Å². The van der Waals surface area contributed by atoms with Gasteiger partial charge in [-0.3, -0.25) is 13.9 Å². The van der Waals surface area contributed by atoms with Gasteiger partial charge in [0.25, 0.3) is 5.56 Å². The molecule has 0 saturated carbocycles. The Balaban J connectivity index is 0.000000408. The second-order valence-corrected chi connectivity index (χ2v) is 9.09. The third kappa shape index (κ3) is 9.25. The summed E-state index contributed by atoms with van der Waals surface area (Å²) in [5.74, 6) is -0.312. The molecule has 1 aromatic heterocycles. The number of aromatic nitrogens is 2. The monoisotopic (exact) mass is 587 g/mol. The zero-order valence-corrected chi connectivity index (χ0v) is 23.4. The molecule has 3 rings (SSSR count). The second-order valence-electron chi connectivity index (χ2n) is 9.09. The number of benzene rings is 2. The van der Waals surface area contributed by atoms with Gasteiger partial charge in [0.1, 0.15) is 17.3 Å². The van der Waals surface area contributed by atoms with E-state index in [0.29, 0.717) is 6.42 Å². The van der Waals surface area contributed by atoms with Crippen molar-refractivity contribution in [1.82, 2.24) is 9.13 Å². The van der Waals surface area contributed by atoms with Crippen LogP contribution in [0.2, 0.25) is 0 Å².